The van der Waals surface area contributed by atoms with Crippen molar-refractivity contribution in [3.05, 3.63) is 0 Å². The fourth-order valence-electron chi connectivity index (χ4n) is 1.58. The highest BCUT2D eigenvalue weighted by Gasteiger charge is 2.42. The number of halogens is 3. The molecule has 1 aliphatic carbocycles. The Kier molecular flexibility index (Phi) is 5.25. The fourth-order valence-corrected chi connectivity index (χ4v) is 1.58. The molecule has 0 atom stereocenters. The normalized spacial score (nSPS) is 17.3. The SMILES string of the molecule is COCCC1(CNC(=O)OCCC(F)(F)F)CC1. The van der Waals surface area contributed by atoms with Crippen LogP contribution < -0.4 is 5.32 Å². The Balaban J connectivity index is 2.10. The molecular formula is C11H18F3NO3. The molecule has 0 bridgehead atoms. The number of amides is 1. The Morgan fingerprint density at radius 2 is 2.00 bits per heavy atom. The minimum absolute atomic E-state index is 0.0546. The van der Waals surface area contributed by atoms with E-state index in [0.29, 0.717) is 13.2 Å². The van der Waals surface area contributed by atoms with Crippen LogP contribution in [0.5, 0.6) is 0 Å². The summed E-state index contributed by atoms with van der Waals surface area (Å²) in [5, 5.41) is 2.50. The third-order valence-corrected chi connectivity index (χ3v) is 3.02. The van der Waals surface area contributed by atoms with Gasteiger partial charge in [0, 0.05) is 20.3 Å². The summed E-state index contributed by atoms with van der Waals surface area (Å²) in [4.78, 5) is 11.1. The maximum absolute atomic E-state index is 11.8. The Hall–Kier alpha value is -0.980. The van der Waals surface area contributed by atoms with Gasteiger partial charge in [-0.15, -0.1) is 0 Å². The third kappa shape index (κ3) is 6.09. The molecule has 0 aromatic heterocycles. The van der Waals surface area contributed by atoms with E-state index in [4.69, 9.17) is 4.74 Å². The van der Waals surface area contributed by atoms with Gasteiger partial charge in [-0.1, -0.05) is 0 Å². The second-order valence-corrected chi connectivity index (χ2v) is 4.60. The van der Waals surface area contributed by atoms with E-state index >= 15 is 0 Å². The number of nitrogens with one attached hydrogen (secondary N) is 1. The second kappa shape index (κ2) is 6.26. The minimum Gasteiger partial charge on any atom is -0.449 e. The summed E-state index contributed by atoms with van der Waals surface area (Å²) in [6.45, 7) is 0.409. The highest BCUT2D eigenvalue weighted by Crippen LogP contribution is 2.48. The van der Waals surface area contributed by atoms with Crippen LogP contribution in [0.4, 0.5) is 18.0 Å². The topological polar surface area (TPSA) is 47.6 Å². The van der Waals surface area contributed by atoms with Gasteiger partial charge >= 0.3 is 12.3 Å². The molecule has 106 valence electrons. The monoisotopic (exact) mass is 269 g/mol. The van der Waals surface area contributed by atoms with Crippen molar-refractivity contribution in [3.63, 3.8) is 0 Å². The summed E-state index contributed by atoms with van der Waals surface area (Å²) in [6.07, 6.45) is -3.36. The smallest absolute Gasteiger partial charge is 0.407 e. The van der Waals surface area contributed by atoms with Gasteiger partial charge in [0.1, 0.15) is 6.61 Å². The first kappa shape index (κ1) is 15.1. The highest BCUT2D eigenvalue weighted by molar-refractivity contribution is 5.67. The predicted octanol–water partition coefficient (Wildman–Crippen LogP) is 2.48. The summed E-state index contributed by atoms with van der Waals surface area (Å²) in [6, 6.07) is 0. The van der Waals surface area contributed by atoms with Gasteiger partial charge in [-0.25, -0.2) is 4.79 Å². The molecule has 0 unspecified atom stereocenters. The zero-order valence-corrected chi connectivity index (χ0v) is 10.3. The summed E-state index contributed by atoms with van der Waals surface area (Å²) < 4.78 is 44.8. The van der Waals surface area contributed by atoms with Gasteiger partial charge in [-0.3, -0.25) is 0 Å². The van der Waals surface area contributed by atoms with Crippen molar-refractivity contribution in [2.45, 2.75) is 31.9 Å². The number of carbonyl (C=O) groups excluding carboxylic acids is 1. The van der Waals surface area contributed by atoms with Crippen LogP contribution >= 0.6 is 0 Å². The molecule has 0 saturated heterocycles. The number of ether oxygens (including phenoxy) is 2. The van der Waals surface area contributed by atoms with E-state index in [1.807, 2.05) is 0 Å². The van der Waals surface area contributed by atoms with Crippen LogP contribution in [-0.2, 0) is 9.47 Å². The lowest BCUT2D eigenvalue weighted by Gasteiger charge is -2.15. The second-order valence-electron chi connectivity index (χ2n) is 4.60. The average molecular weight is 269 g/mol. The van der Waals surface area contributed by atoms with Crippen LogP contribution in [0.15, 0.2) is 0 Å². The van der Waals surface area contributed by atoms with E-state index in [-0.39, 0.29) is 5.41 Å². The van der Waals surface area contributed by atoms with Crippen molar-refractivity contribution in [1.29, 1.82) is 0 Å². The number of carbonyl (C=O) groups is 1. The molecule has 1 aliphatic rings. The zero-order valence-electron chi connectivity index (χ0n) is 10.3. The number of rotatable bonds is 7. The van der Waals surface area contributed by atoms with Gasteiger partial charge in [0.2, 0.25) is 0 Å². The molecule has 4 nitrogen and oxygen atoms in total. The van der Waals surface area contributed by atoms with Crippen LogP contribution in [0.25, 0.3) is 0 Å². The van der Waals surface area contributed by atoms with Crippen LogP contribution in [0, 0.1) is 5.41 Å². The first-order chi connectivity index (χ1) is 8.37. The first-order valence-electron chi connectivity index (χ1n) is 5.83. The Morgan fingerprint density at radius 1 is 1.33 bits per heavy atom. The molecule has 18 heavy (non-hydrogen) atoms. The van der Waals surface area contributed by atoms with Crippen LogP contribution in [-0.4, -0.2) is 39.1 Å². The van der Waals surface area contributed by atoms with E-state index in [9.17, 15) is 18.0 Å². The first-order valence-corrected chi connectivity index (χ1v) is 5.83. The molecular weight excluding hydrogens is 251 g/mol. The van der Waals surface area contributed by atoms with Crippen molar-refractivity contribution >= 4 is 6.09 Å². The minimum atomic E-state index is -4.30. The number of hydrogen-bond acceptors (Lipinski definition) is 3. The largest absolute Gasteiger partial charge is 0.449 e. The van der Waals surface area contributed by atoms with E-state index in [2.05, 4.69) is 10.1 Å². The number of methoxy groups -OCH3 is 1. The maximum atomic E-state index is 11.8. The number of alkyl halides is 3. The van der Waals surface area contributed by atoms with Crippen molar-refractivity contribution in [2.75, 3.05) is 26.9 Å². The zero-order chi connectivity index (χ0) is 13.6. The van der Waals surface area contributed by atoms with Crippen LogP contribution in [0.3, 0.4) is 0 Å². The van der Waals surface area contributed by atoms with Crippen molar-refractivity contribution in [3.8, 4) is 0 Å². The van der Waals surface area contributed by atoms with Gasteiger partial charge in [0.25, 0.3) is 0 Å². The van der Waals surface area contributed by atoms with E-state index in [1.54, 1.807) is 7.11 Å². The lowest BCUT2D eigenvalue weighted by Crippen LogP contribution is -2.32. The van der Waals surface area contributed by atoms with E-state index < -0.39 is 25.3 Å². The summed E-state index contributed by atoms with van der Waals surface area (Å²) in [5.41, 5.74) is 0.0546. The molecule has 1 N–H and O–H groups in total. The van der Waals surface area contributed by atoms with Gasteiger partial charge in [0.05, 0.1) is 6.42 Å². The highest BCUT2D eigenvalue weighted by atomic mass is 19.4. The molecule has 1 rings (SSSR count). The molecule has 0 radical (unpaired) electrons. The number of alkyl carbamates (subject to hydrolysis) is 1. The summed E-state index contributed by atoms with van der Waals surface area (Å²) >= 11 is 0. The Labute approximate surface area is 104 Å². The standard InChI is InChI=1S/C11H18F3NO3/c1-17-6-4-10(2-3-10)8-15-9(16)18-7-5-11(12,13)14/h2-8H2,1H3,(H,15,16). The van der Waals surface area contributed by atoms with Crippen LogP contribution in [0.1, 0.15) is 25.7 Å². The molecule has 1 fully saturated rings. The quantitative estimate of drug-likeness (QED) is 0.772. The lowest BCUT2D eigenvalue weighted by molar-refractivity contribution is -0.141. The van der Waals surface area contributed by atoms with Crippen molar-refractivity contribution in [2.24, 2.45) is 5.41 Å². The Bertz CT molecular complexity index is 277. The summed E-state index contributed by atoms with van der Waals surface area (Å²) in [5.74, 6) is 0. The number of hydrogen-bond donors (Lipinski definition) is 1. The molecule has 1 amide bonds. The van der Waals surface area contributed by atoms with Gasteiger partial charge < -0.3 is 14.8 Å². The fraction of sp³-hybridized carbons (Fsp3) is 0.909. The molecule has 0 aromatic carbocycles. The third-order valence-electron chi connectivity index (χ3n) is 3.02. The van der Waals surface area contributed by atoms with E-state index in [0.717, 1.165) is 19.3 Å². The van der Waals surface area contributed by atoms with E-state index in [1.165, 1.54) is 0 Å². The van der Waals surface area contributed by atoms with Crippen molar-refractivity contribution in [1.82, 2.24) is 5.32 Å². The van der Waals surface area contributed by atoms with Gasteiger partial charge in [0.15, 0.2) is 0 Å². The molecule has 7 heteroatoms. The Morgan fingerprint density at radius 3 is 2.50 bits per heavy atom. The maximum Gasteiger partial charge on any atom is 0.407 e. The predicted molar refractivity (Wildman–Crippen MR) is 58.2 cm³/mol. The molecule has 0 spiro atoms. The summed E-state index contributed by atoms with van der Waals surface area (Å²) in [7, 11) is 1.61. The molecule has 1 saturated carbocycles. The lowest BCUT2D eigenvalue weighted by atomic mass is 10.0. The van der Waals surface area contributed by atoms with Crippen molar-refractivity contribution < 1.29 is 27.4 Å². The molecule has 0 heterocycles. The average Bonchev–Trinajstić information content (AvgIpc) is 3.03. The molecule has 0 aliphatic heterocycles. The molecule has 0 aromatic rings. The van der Waals surface area contributed by atoms with Crippen LogP contribution in [0.2, 0.25) is 0 Å². The van der Waals surface area contributed by atoms with Gasteiger partial charge in [-0.2, -0.15) is 13.2 Å². The van der Waals surface area contributed by atoms with Gasteiger partial charge in [-0.05, 0) is 24.7 Å².